The Balaban J connectivity index is 1.90. The summed E-state index contributed by atoms with van der Waals surface area (Å²) in [5.41, 5.74) is 2.49. The predicted octanol–water partition coefficient (Wildman–Crippen LogP) is -0.848. The van der Waals surface area contributed by atoms with Crippen molar-refractivity contribution in [3.05, 3.63) is 24.3 Å². The molecule has 2 aromatic rings. The van der Waals surface area contributed by atoms with Gasteiger partial charge in [0.1, 0.15) is 0 Å². The normalized spacial score (nSPS) is 26.9. The number of rotatable bonds is 5. The van der Waals surface area contributed by atoms with Crippen LogP contribution in [0.25, 0.3) is 11.2 Å². The molecule has 0 spiro atoms. The fourth-order valence-electron chi connectivity index (χ4n) is 2.52. The molecule has 0 saturated carbocycles. The topological polar surface area (TPSA) is 114 Å². The van der Waals surface area contributed by atoms with Crippen molar-refractivity contribution in [3.8, 4) is 0 Å². The molecule has 4 atom stereocenters. The van der Waals surface area contributed by atoms with Gasteiger partial charge in [-0.15, -0.1) is 0 Å². The van der Waals surface area contributed by atoms with Gasteiger partial charge in [0.15, 0.2) is 0 Å². The molecule has 3 N–H and O–H groups in total. The molecule has 0 bridgehead atoms. The van der Waals surface area contributed by atoms with E-state index in [2.05, 4.69) is 34.9 Å². The van der Waals surface area contributed by atoms with Crippen molar-refractivity contribution >= 4 is 30.7 Å². The second-order valence-electron chi connectivity index (χ2n) is 5.82. The standard InChI is InChI=1S/C15H20N4O4Se/c1-8(2)3-4-24-14-10-13(16-6-17-14)19(7-18-10)15-12(22)11(21)9(5-20)23-15/h3,6-7,9,11-12,15,20-22H,4-5H2,1-2H3. The second kappa shape index (κ2) is 7.26. The van der Waals surface area contributed by atoms with Gasteiger partial charge in [-0.2, -0.15) is 0 Å². The number of aromatic nitrogens is 4. The molecule has 0 radical (unpaired) electrons. The minimum absolute atomic E-state index is 0.125. The van der Waals surface area contributed by atoms with Gasteiger partial charge in [-0.3, -0.25) is 0 Å². The summed E-state index contributed by atoms with van der Waals surface area (Å²) in [6, 6.07) is 0. The fraction of sp³-hybridized carbons (Fsp3) is 0.533. The summed E-state index contributed by atoms with van der Waals surface area (Å²) in [4.78, 5) is 12.9. The van der Waals surface area contributed by atoms with Crippen LogP contribution in [0.5, 0.6) is 0 Å². The van der Waals surface area contributed by atoms with E-state index in [4.69, 9.17) is 4.74 Å². The zero-order valence-electron chi connectivity index (χ0n) is 13.4. The molecule has 9 heteroatoms. The van der Waals surface area contributed by atoms with E-state index >= 15 is 0 Å². The van der Waals surface area contributed by atoms with E-state index < -0.39 is 24.5 Å². The third-order valence-corrected chi connectivity index (χ3v) is 5.73. The molecule has 130 valence electrons. The van der Waals surface area contributed by atoms with Crippen molar-refractivity contribution in [1.29, 1.82) is 0 Å². The van der Waals surface area contributed by atoms with E-state index in [0.29, 0.717) is 11.2 Å². The Morgan fingerprint density at radius 2 is 2.08 bits per heavy atom. The third kappa shape index (κ3) is 3.23. The number of nitrogens with zero attached hydrogens (tertiary/aromatic N) is 4. The number of hydrogen-bond acceptors (Lipinski definition) is 7. The summed E-state index contributed by atoms with van der Waals surface area (Å²) in [5, 5.41) is 30.2. The number of fused-ring (bicyclic) bond motifs is 1. The third-order valence-electron chi connectivity index (χ3n) is 3.83. The van der Waals surface area contributed by atoms with Crippen LogP contribution in [0.3, 0.4) is 0 Å². The molecule has 1 aliphatic rings. The van der Waals surface area contributed by atoms with Gasteiger partial charge in [0.2, 0.25) is 0 Å². The summed E-state index contributed by atoms with van der Waals surface area (Å²) < 4.78 is 8.02. The fourth-order valence-corrected chi connectivity index (χ4v) is 4.57. The van der Waals surface area contributed by atoms with Crippen LogP contribution in [0.4, 0.5) is 0 Å². The molecular formula is C15H20N4O4Se. The van der Waals surface area contributed by atoms with Gasteiger partial charge in [-0.1, -0.05) is 0 Å². The molecule has 0 aliphatic carbocycles. The molecule has 8 nitrogen and oxygen atoms in total. The van der Waals surface area contributed by atoms with E-state index in [1.165, 1.54) is 18.2 Å². The molecule has 1 fully saturated rings. The molecule has 0 amide bonds. The maximum absolute atomic E-state index is 10.2. The Morgan fingerprint density at radius 1 is 1.29 bits per heavy atom. The molecule has 24 heavy (non-hydrogen) atoms. The number of ether oxygens (including phenoxy) is 1. The van der Waals surface area contributed by atoms with Crippen molar-refractivity contribution in [2.45, 2.75) is 43.7 Å². The zero-order chi connectivity index (χ0) is 17.3. The van der Waals surface area contributed by atoms with Crippen LogP contribution >= 0.6 is 0 Å². The van der Waals surface area contributed by atoms with Crippen LogP contribution in [0, 0.1) is 0 Å². The van der Waals surface area contributed by atoms with Crippen LogP contribution in [0.15, 0.2) is 24.3 Å². The summed E-state index contributed by atoms with van der Waals surface area (Å²) in [6.07, 6.45) is 1.19. The minimum atomic E-state index is -1.16. The molecule has 2 aromatic heterocycles. The number of aliphatic hydroxyl groups excluding tert-OH is 3. The molecule has 1 aliphatic heterocycles. The van der Waals surface area contributed by atoms with Crippen LogP contribution in [0.1, 0.15) is 20.1 Å². The van der Waals surface area contributed by atoms with Crippen molar-refractivity contribution in [2.75, 3.05) is 6.61 Å². The van der Waals surface area contributed by atoms with E-state index in [-0.39, 0.29) is 21.6 Å². The average molecular weight is 399 g/mol. The van der Waals surface area contributed by atoms with Crippen molar-refractivity contribution in [3.63, 3.8) is 0 Å². The van der Waals surface area contributed by atoms with E-state index in [9.17, 15) is 15.3 Å². The summed E-state index contributed by atoms with van der Waals surface area (Å²) in [5.74, 6) is 0. The van der Waals surface area contributed by atoms with Crippen LogP contribution < -0.4 is 4.59 Å². The molecule has 4 unspecified atom stereocenters. The second-order valence-corrected chi connectivity index (χ2v) is 7.94. The first-order valence-electron chi connectivity index (χ1n) is 7.59. The number of hydrogen-bond donors (Lipinski definition) is 3. The predicted molar refractivity (Wildman–Crippen MR) is 88.0 cm³/mol. The van der Waals surface area contributed by atoms with E-state index in [1.807, 2.05) is 0 Å². The Labute approximate surface area is 145 Å². The molecule has 3 rings (SSSR count). The van der Waals surface area contributed by atoms with E-state index in [0.717, 1.165) is 9.91 Å². The zero-order valence-corrected chi connectivity index (χ0v) is 15.1. The summed E-state index contributed by atoms with van der Waals surface area (Å²) in [6.45, 7) is 3.75. The van der Waals surface area contributed by atoms with Gasteiger partial charge in [-0.05, 0) is 0 Å². The van der Waals surface area contributed by atoms with Gasteiger partial charge in [0, 0.05) is 0 Å². The van der Waals surface area contributed by atoms with Crippen molar-refractivity contribution in [1.82, 2.24) is 19.5 Å². The summed E-state index contributed by atoms with van der Waals surface area (Å²) >= 11 is 0.125. The van der Waals surface area contributed by atoms with Crippen molar-refractivity contribution < 1.29 is 20.1 Å². The first kappa shape index (κ1) is 17.5. The van der Waals surface area contributed by atoms with Crippen LogP contribution in [0.2, 0.25) is 5.32 Å². The van der Waals surface area contributed by atoms with Crippen LogP contribution in [-0.4, -0.2) is 74.7 Å². The van der Waals surface area contributed by atoms with Crippen molar-refractivity contribution in [2.24, 2.45) is 0 Å². The first-order chi connectivity index (χ1) is 11.5. The first-order valence-corrected chi connectivity index (χ1v) is 9.66. The molecular weight excluding hydrogens is 379 g/mol. The molecule has 3 heterocycles. The van der Waals surface area contributed by atoms with Gasteiger partial charge in [0.25, 0.3) is 0 Å². The average Bonchev–Trinajstić information content (AvgIpc) is 3.10. The summed E-state index contributed by atoms with van der Waals surface area (Å²) in [7, 11) is 0. The SMILES string of the molecule is CC(C)=CC[Se]c1ncnc2c1ncn2C1OC(CO)C(O)C1O. The van der Waals surface area contributed by atoms with Crippen LogP contribution in [-0.2, 0) is 4.74 Å². The number of allylic oxidation sites excluding steroid dienone is 2. The van der Waals surface area contributed by atoms with E-state index in [1.54, 1.807) is 4.57 Å². The Morgan fingerprint density at radius 3 is 2.75 bits per heavy atom. The quantitative estimate of drug-likeness (QED) is 0.444. The molecule has 1 saturated heterocycles. The Kier molecular flexibility index (Phi) is 5.29. The van der Waals surface area contributed by atoms with Gasteiger partial charge >= 0.3 is 145 Å². The Bertz CT molecular complexity index is 746. The number of aliphatic hydroxyl groups is 3. The monoisotopic (exact) mass is 400 g/mol. The van der Waals surface area contributed by atoms with Gasteiger partial charge in [0.05, 0.1) is 0 Å². The maximum atomic E-state index is 10.2. The van der Waals surface area contributed by atoms with Gasteiger partial charge < -0.3 is 0 Å². The number of imidazole rings is 1. The Hall–Kier alpha value is -1.35. The van der Waals surface area contributed by atoms with Gasteiger partial charge in [-0.25, -0.2) is 0 Å². The molecule has 0 aromatic carbocycles.